The van der Waals surface area contributed by atoms with E-state index in [1.165, 1.54) is 4.90 Å². The molecule has 1 aliphatic heterocycles. The zero-order valence-electron chi connectivity index (χ0n) is 9.05. The third kappa shape index (κ3) is 2.71. The first-order valence-electron chi connectivity index (χ1n) is 5.18. The third-order valence-electron chi connectivity index (χ3n) is 2.80. The highest BCUT2D eigenvalue weighted by atomic mass is 16.4. The van der Waals surface area contributed by atoms with Crippen molar-refractivity contribution < 1.29 is 24.6 Å². The molecule has 0 aromatic carbocycles. The Labute approximate surface area is 92.9 Å². The number of carbonyl (C=O) groups is 3. The predicted octanol–water partition coefficient (Wildman–Crippen LogP) is 0.173. The van der Waals surface area contributed by atoms with Gasteiger partial charge < -0.3 is 15.1 Å². The van der Waals surface area contributed by atoms with Crippen LogP contribution in [0.15, 0.2) is 0 Å². The Bertz CT molecular complexity index is 314. The average molecular weight is 229 g/mol. The average Bonchev–Trinajstić information content (AvgIpc) is 2.10. The number of hydrogen-bond acceptors (Lipinski definition) is 3. The number of hydrogen-bond donors (Lipinski definition) is 2. The van der Waals surface area contributed by atoms with Crippen LogP contribution in [0, 0.1) is 5.92 Å². The summed E-state index contributed by atoms with van der Waals surface area (Å²) in [5, 5.41) is 17.2. The van der Waals surface area contributed by atoms with Gasteiger partial charge in [-0.3, -0.25) is 9.59 Å². The maximum Gasteiger partial charge on any atom is 0.326 e. The first kappa shape index (κ1) is 12.5. The van der Waals surface area contributed by atoms with Crippen LogP contribution in [0.1, 0.15) is 26.2 Å². The molecule has 1 fully saturated rings. The zero-order chi connectivity index (χ0) is 12.3. The van der Waals surface area contributed by atoms with Crippen LogP contribution >= 0.6 is 0 Å². The van der Waals surface area contributed by atoms with Gasteiger partial charge in [-0.2, -0.15) is 0 Å². The first-order chi connectivity index (χ1) is 7.43. The fourth-order valence-electron chi connectivity index (χ4n) is 1.65. The zero-order valence-corrected chi connectivity index (χ0v) is 9.05. The third-order valence-corrected chi connectivity index (χ3v) is 2.80. The Morgan fingerprint density at radius 3 is 2.38 bits per heavy atom. The minimum Gasteiger partial charge on any atom is -0.481 e. The molecule has 0 aromatic heterocycles. The minimum atomic E-state index is -0.995. The minimum absolute atomic E-state index is 0.0709. The van der Waals surface area contributed by atoms with Crippen molar-refractivity contribution in [3.05, 3.63) is 0 Å². The molecule has 1 saturated heterocycles. The van der Waals surface area contributed by atoms with Crippen LogP contribution in [0.25, 0.3) is 0 Å². The SMILES string of the molecule is CC(CCC(=O)O)C(=O)N1CCC1C(=O)O. The number of amides is 1. The monoisotopic (exact) mass is 229 g/mol. The van der Waals surface area contributed by atoms with Gasteiger partial charge in [-0.15, -0.1) is 0 Å². The molecule has 90 valence electrons. The van der Waals surface area contributed by atoms with Gasteiger partial charge in [0.25, 0.3) is 0 Å². The summed E-state index contributed by atoms with van der Waals surface area (Å²) in [5.41, 5.74) is 0. The molecule has 6 heteroatoms. The first-order valence-corrected chi connectivity index (χ1v) is 5.18. The molecule has 2 atom stereocenters. The molecule has 6 nitrogen and oxygen atoms in total. The van der Waals surface area contributed by atoms with Crippen LogP contribution < -0.4 is 0 Å². The largest absolute Gasteiger partial charge is 0.481 e. The van der Waals surface area contributed by atoms with Gasteiger partial charge in [-0.25, -0.2) is 4.79 Å². The van der Waals surface area contributed by atoms with E-state index in [0.29, 0.717) is 13.0 Å². The highest BCUT2D eigenvalue weighted by molar-refractivity contribution is 5.86. The molecule has 0 saturated carbocycles. The fourth-order valence-corrected chi connectivity index (χ4v) is 1.65. The van der Waals surface area contributed by atoms with E-state index in [9.17, 15) is 14.4 Å². The molecule has 1 amide bonds. The van der Waals surface area contributed by atoms with Gasteiger partial charge in [0.1, 0.15) is 6.04 Å². The van der Waals surface area contributed by atoms with E-state index in [1.54, 1.807) is 6.92 Å². The second-order valence-electron chi connectivity index (χ2n) is 4.01. The van der Waals surface area contributed by atoms with Crippen LogP contribution in [0.4, 0.5) is 0 Å². The van der Waals surface area contributed by atoms with Crippen LogP contribution in [-0.4, -0.2) is 45.5 Å². The molecular weight excluding hydrogens is 214 g/mol. The van der Waals surface area contributed by atoms with E-state index in [-0.39, 0.29) is 18.7 Å². The van der Waals surface area contributed by atoms with Crippen molar-refractivity contribution in [3.8, 4) is 0 Å². The van der Waals surface area contributed by atoms with Crippen LogP contribution in [0.3, 0.4) is 0 Å². The smallest absolute Gasteiger partial charge is 0.326 e. The van der Waals surface area contributed by atoms with Crippen LogP contribution in [0.5, 0.6) is 0 Å². The summed E-state index contributed by atoms with van der Waals surface area (Å²) in [7, 11) is 0. The standard InChI is InChI=1S/C10H15NO5/c1-6(2-3-8(12)13)9(14)11-5-4-7(11)10(15)16/h6-7H,2-5H2,1H3,(H,12,13)(H,15,16). The number of likely N-dealkylation sites (tertiary alicyclic amines) is 1. The summed E-state index contributed by atoms with van der Waals surface area (Å²) in [6, 6.07) is -0.722. The number of nitrogens with zero attached hydrogens (tertiary/aromatic N) is 1. The van der Waals surface area contributed by atoms with Crippen molar-refractivity contribution >= 4 is 17.8 Å². The van der Waals surface area contributed by atoms with E-state index in [0.717, 1.165) is 0 Å². The number of carboxylic acids is 2. The molecular formula is C10H15NO5. The highest BCUT2D eigenvalue weighted by Crippen LogP contribution is 2.22. The van der Waals surface area contributed by atoms with E-state index in [1.807, 2.05) is 0 Å². The summed E-state index contributed by atoms with van der Waals surface area (Å²) >= 11 is 0. The van der Waals surface area contributed by atoms with Crippen molar-refractivity contribution in [1.82, 2.24) is 4.90 Å². The molecule has 1 heterocycles. The van der Waals surface area contributed by atoms with Crippen molar-refractivity contribution in [2.24, 2.45) is 5.92 Å². The fraction of sp³-hybridized carbons (Fsp3) is 0.700. The van der Waals surface area contributed by atoms with Crippen LogP contribution in [0.2, 0.25) is 0 Å². The molecule has 2 N–H and O–H groups in total. The lowest BCUT2D eigenvalue weighted by atomic mass is 9.97. The summed E-state index contributed by atoms with van der Waals surface area (Å²) in [6.45, 7) is 2.08. The van der Waals surface area contributed by atoms with Gasteiger partial charge in [-0.05, 0) is 12.8 Å². The van der Waals surface area contributed by atoms with Crippen molar-refractivity contribution in [3.63, 3.8) is 0 Å². The Balaban J connectivity index is 2.45. The molecule has 0 bridgehead atoms. The molecule has 0 aromatic rings. The number of rotatable bonds is 5. The summed E-state index contributed by atoms with van der Waals surface area (Å²) < 4.78 is 0. The predicted molar refractivity (Wildman–Crippen MR) is 53.8 cm³/mol. The van der Waals surface area contributed by atoms with E-state index < -0.39 is 23.9 Å². The molecule has 0 spiro atoms. The molecule has 1 rings (SSSR count). The maximum atomic E-state index is 11.7. The number of carboxylic acid groups (broad SMARTS) is 2. The second-order valence-corrected chi connectivity index (χ2v) is 4.01. The van der Waals surface area contributed by atoms with Gasteiger partial charge in [0.2, 0.25) is 5.91 Å². The Morgan fingerprint density at radius 2 is 2.00 bits per heavy atom. The van der Waals surface area contributed by atoms with Gasteiger partial charge in [-0.1, -0.05) is 6.92 Å². The van der Waals surface area contributed by atoms with Crippen molar-refractivity contribution in [1.29, 1.82) is 0 Å². The van der Waals surface area contributed by atoms with Gasteiger partial charge >= 0.3 is 11.9 Å². The lowest BCUT2D eigenvalue weighted by Crippen LogP contribution is -2.56. The molecule has 0 aliphatic carbocycles. The normalized spacial score (nSPS) is 21.1. The lowest BCUT2D eigenvalue weighted by Gasteiger charge is -2.39. The lowest BCUT2D eigenvalue weighted by molar-refractivity contribution is -0.159. The summed E-state index contributed by atoms with van der Waals surface area (Å²) in [4.78, 5) is 34.1. The van der Waals surface area contributed by atoms with Gasteiger partial charge in [0.15, 0.2) is 0 Å². The second kappa shape index (κ2) is 4.96. The summed E-state index contributed by atoms with van der Waals surface area (Å²) in [6.07, 6.45) is 0.655. The number of aliphatic carboxylic acids is 2. The number of carbonyl (C=O) groups excluding carboxylic acids is 1. The topological polar surface area (TPSA) is 94.9 Å². The van der Waals surface area contributed by atoms with Gasteiger partial charge in [0.05, 0.1) is 0 Å². The highest BCUT2D eigenvalue weighted by Gasteiger charge is 2.38. The molecule has 16 heavy (non-hydrogen) atoms. The molecule has 0 radical (unpaired) electrons. The van der Waals surface area contributed by atoms with Crippen molar-refractivity contribution in [2.75, 3.05) is 6.54 Å². The molecule has 1 aliphatic rings. The van der Waals surface area contributed by atoms with E-state index in [2.05, 4.69) is 0 Å². The van der Waals surface area contributed by atoms with E-state index in [4.69, 9.17) is 10.2 Å². The Morgan fingerprint density at radius 1 is 1.38 bits per heavy atom. The molecule has 2 unspecified atom stereocenters. The van der Waals surface area contributed by atoms with E-state index >= 15 is 0 Å². The Hall–Kier alpha value is -1.59. The summed E-state index contributed by atoms with van der Waals surface area (Å²) in [5.74, 6) is -2.64. The van der Waals surface area contributed by atoms with Crippen LogP contribution in [-0.2, 0) is 14.4 Å². The maximum absolute atomic E-state index is 11.7. The quantitative estimate of drug-likeness (QED) is 0.700. The van der Waals surface area contributed by atoms with Gasteiger partial charge in [0, 0.05) is 18.9 Å². The van der Waals surface area contributed by atoms with Crippen molar-refractivity contribution in [2.45, 2.75) is 32.2 Å². The Kier molecular flexibility index (Phi) is 3.87.